The molecule has 0 aliphatic heterocycles. The number of nitrogen functional groups attached to an aromatic ring is 1. The fourth-order valence-corrected chi connectivity index (χ4v) is 4.27. The quantitative estimate of drug-likeness (QED) is 0.347. The minimum absolute atomic E-state index is 0.111. The zero-order valence-corrected chi connectivity index (χ0v) is 17.7. The van der Waals surface area contributed by atoms with Crippen LogP contribution in [0.1, 0.15) is 11.3 Å². The number of aryl methyl sites for hydroxylation is 1. The fourth-order valence-electron chi connectivity index (χ4n) is 3.19. The van der Waals surface area contributed by atoms with E-state index in [0.29, 0.717) is 5.75 Å². The molecule has 0 aliphatic carbocycles. The molecule has 0 spiro atoms. The number of hydrogen-bond acceptors (Lipinski definition) is 7. The van der Waals surface area contributed by atoms with E-state index in [-0.39, 0.29) is 17.3 Å². The van der Waals surface area contributed by atoms with Crippen molar-refractivity contribution in [3.05, 3.63) is 86.7 Å². The average molecular weight is 453 g/mol. The van der Waals surface area contributed by atoms with E-state index < -0.39 is 27.0 Å². The third kappa shape index (κ3) is 4.32. The van der Waals surface area contributed by atoms with Crippen molar-refractivity contribution in [2.75, 3.05) is 10.5 Å². The van der Waals surface area contributed by atoms with Gasteiger partial charge in [0.2, 0.25) is 0 Å². The number of nitrogens with zero attached hydrogens (tertiary/aromatic N) is 1. The summed E-state index contributed by atoms with van der Waals surface area (Å²) in [6.45, 7) is 2.18. The summed E-state index contributed by atoms with van der Waals surface area (Å²) in [5, 5.41) is 0.977. The number of pyridine rings is 1. The van der Waals surface area contributed by atoms with Crippen LogP contribution in [0.25, 0.3) is 10.9 Å². The molecule has 4 aromatic rings. The van der Waals surface area contributed by atoms with Crippen LogP contribution in [-0.2, 0) is 16.6 Å². The molecular weight excluding hydrogens is 434 g/mol. The van der Waals surface area contributed by atoms with Crippen LogP contribution in [0.3, 0.4) is 0 Å². The Labute approximate surface area is 182 Å². The van der Waals surface area contributed by atoms with Gasteiger partial charge in [-0.25, -0.2) is 13.2 Å². The van der Waals surface area contributed by atoms with Crippen molar-refractivity contribution < 1.29 is 13.2 Å². The lowest BCUT2D eigenvalue weighted by atomic mass is 10.1. The summed E-state index contributed by atoms with van der Waals surface area (Å²) in [7, 11) is -4.13. The van der Waals surface area contributed by atoms with Gasteiger partial charge in [-0.2, -0.15) is 0 Å². The molecule has 164 valence electrons. The Balaban J connectivity index is 1.53. The highest BCUT2D eigenvalue weighted by Crippen LogP contribution is 2.23. The van der Waals surface area contributed by atoms with Crippen LogP contribution in [0.5, 0.6) is 5.75 Å². The van der Waals surface area contributed by atoms with E-state index in [0.717, 1.165) is 22.2 Å². The summed E-state index contributed by atoms with van der Waals surface area (Å²) in [5.41, 5.74) is 5.99. The van der Waals surface area contributed by atoms with Crippen LogP contribution in [0.4, 0.5) is 11.5 Å². The van der Waals surface area contributed by atoms with Crippen molar-refractivity contribution in [3.63, 3.8) is 0 Å². The van der Waals surface area contributed by atoms with Crippen molar-refractivity contribution in [2.24, 2.45) is 0 Å². The Morgan fingerprint density at radius 1 is 1.06 bits per heavy atom. The maximum Gasteiger partial charge on any atom is 0.327 e. The number of nitrogens with two attached hydrogens (primary N) is 1. The Morgan fingerprint density at radius 3 is 2.50 bits per heavy atom. The van der Waals surface area contributed by atoms with E-state index in [1.54, 1.807) is 0 Å². The highest BCUT2D eigenvalue weighted by atomic mass is 32.2. The monoisotopic (exact) mass is 453 g/mol. The van der Waals surface area contributed by atoms with E-state index in [1.807, 2.05) is 42.2 Å². The van der Waals surface area contributed by atoms with Gasteiger partial charge in [-0.15, -0.1) is 0 Å². The first-order valence-electron chi connectivity index (χ1n) is 9.46. The Morgan fingerprint density at radius 2 is 1.78 bits per heavy atom. The molecule has 0 atom stereocenters. The minimum Gasteiger partial charge on any atom is -0.489 e. The van der Waals surface area contributed by atoms with Gasteiger partial charge < -0.3 is 10.5 Å². The van der Waals surface area contributed by atoms with Gasteiger partial charge in [0, 0.05) is 16.6 Å². The van der Waals surface area contributed by atoms with Gasteiger partial charge in [-0.3, -0.25) is 24.5 Å². The van der Waals surface area contributed by atoms with Gasteiger partial charge in [0.05, 0.1) is 10.4 Å². The first-order chi connectivity index (χ1) is 15.2. The highest BCUT2D eigenvalue weighted by molar-refractivity contribution is 7.92. The third-order valence-corrected chi connectivity index (χ3v) is 6.03. The molecule has 0 amide bonds. The fraction of sp³-hybridized carbons (Fsp3) is 0.0952. The number of H-pyrrole nitrogens is 2. The van der Waals surface area contributed by atoms with E-state index in [9.17, 15) is 18.0 Å². The summed E-state index contributed by atoms with van der Waals surface area (Å²) in [6.07, 6.45) is 0. The topological polar surface area (TPSA) is 160 Å². The van der Waals surface area contributed by atoms with Crippen molar-refractivity contribution in [2.45, 2.75) is 18.4 Å². The lowest BCUT2D eigenvalue weighted by molar-refractivity contribution is 0.307. The largest absolute Gasteiger partial charge is 0.489 e. The normalized spacial score (nSPS) is 11.4. The molecule has 5 N–H and O–H groups in total. The second-order valence-corrected chi connectivity index (χ2v) is 8.68. The molecule has 2 heterocycles. The van der Waals surface area contributed by atoms with Crippen LogP contribution < -0.4 is 26.4 Å². The molecule has 0 saturated heterocycles. The number of aromatic nitrogens is 3. The molecule has 0 unspecified atom stereocenters. The maximum atomic E-state index is 12.6. The Kier molecular flexibility index (Phi) is 5.41. The minimum atomic E-state index is -4.13. The highest BCUT2D eigenvalue weighted by Gasteiger charge is 2.18. The van der Waals surface area contributed by atoms with Crippen molar-refractivity contribution in [1.82, 2.24) is 15.0 Å². The number of sulfonamides is 1. The van der Waals surface area contributed by atoms with Gasteiger partial charge >= 0.3 is 5.69 Å². The van der Waals surface area contributed by atoms with Crippen molar-refractivity contribution in [3.8, 4) is 5.75 Å². The lowest BCUT2D eigenvalue weighted by Crippen LogP contribution is -2.29. The smallest absolute Gasteiger partial charge is 0.327 e. The standard InChI is InChI=1S/C21H19N5O5S/c1-12-10-13(16-4-2-3-5-17(16)23-12)11-31-14-6-8-15(9-7-14)32(29,30)26-18-19(22)24-21(28)25-20(18)27/h2-10,26H,11H2,1H3,(H4,22,24,25,27,28). The van der Waals surface area contributed by atoms with Gasteiger partial charge in [0.15, 0.2) is 5.69 Å². The molecule has 0 fully saturated rings. The maximum absolute atomic E-state index is 12.6. The zero-order chi connectivity index (χ0) is 22.9. The third-order valence-electron chi connectivity index (χ3n) is 4.67. The summed E-state index contributed by atoms with van der Waals surface area (Å²) in [5.74, 6) is 0.0750. The van der Waals surface area contributed by atoms with Crippen molar-refractivity contribution in [1.29, 1.82) is 0 Å². The number of fused-ring (bicyclic) bond motifs is 1. The van der Waals surface area contributed by atoms with Gasteiger partial charge in [0.25, 0.3) is 15.6 Å². The Hall–Kier alpha value is -4.12. The Bertz CT molecular complexity index is 1530. The number of anilines is 2. The summed E-state index contributed by atoms with van der Waals surface area (Å²) < 4.78 is 33.1. The van der Waals surface area contributed by atoms with Crippen LogP contribution >= 0.6 is 0 Å². The number of aromatic amines is 2. The summed E-state index contributed by atoms with van der Waals surface area (Å²) >= 11 is 0. The van der Waals surface area contributed by atoms with E-state index in [2.05, 4.69) is 14.7 Å². The molecule has 32 heavy (non-hydrogen) atoms. The molecule has 0 aliphatic rings. The molecular formula is C21H19N5O5S. The molecule has 4 rings (SSSR count). The SMILES string of the molecule is Cc1cc(COc2ccc(S(=O)(=O)Nc3c(N)[nH]c(=O)[nH]c3=O)cc2)c2ccccc2n1. The van der Waals surface area contributed by atoms with Gasteiger partial charge in [0.1, 0.15) is 18.2 Å². The summed E-state index contributed by atoms with van der Waals surface area (Å²) in [4.78, 5) is 31.5. The molecule has 0 bridgehead atoms. The molecule has 0 saturated carbocycles. The second kappa shape index (κ2) is 8.19. The molecule has 10 nitrogen and oxygen atoms in total. The lowest BCUT2D eigenvalue weighted by Gasteiger charge is -2.11. The molecule has 11 heteroatoms. The van der Waals surface area contributed by atoms with Crippen molar-refractivity contribution >= 4 is 32.4 Å². The van der Waals surface area contributed by atoms with Crippen LogP contribution in [-0.4, -0.2) is 23.4 Å². The van der Waals surface area contributed by atoms with E-state index >= 15 is 0 Å². The second-order valence-electron chi connectivity index (χ2n) is 7.00. The number of nitrogens with one attached hydrogen (secondary N) is 3. The van der Waals surface area contributed by atoms with Crippen LogP contribution in [0.15, 0.2) is 69.1 Å². The molecule has 2 aromatic heterocycles. The predicted octanol–water partition coefficient (Wildman–Crippen LogP) is 1.88. The average Bonchev–Trinajstić information content (AvgIpc) is 2.75. The van der Waals surface area contributed by atoms with Gasteiger partial charge in [-0.05, 0) is 43.3 Å². The number of benzene rings is 2. The van der Waals surface area contributed by atoms with E-state index in [1.165, 1.54) is 24.3 Å². The first-order valence-corrected chi connectivity index (χ1v) is 10.9. The molecule has 0 radical (unpaired) electrons. The first kappa shape index (κ1) is 21.1. The number of rotatable bonds is 6. The number of ether oxygens (including phenoxy) is 1. The zero-order valence-electron chi connectivity index (χ0n) is 16.9. The number of hydrogen-bond donors (Lipinski definition) is 4. The van der Waals surface area contributed by atoms with Gasteiger partial charge in [-0.1, -0.05) is 18.2 Å². The summed E-state index contributed by atoms with van der Waals surface area (Å²) in [6, 6.07) is 15.4. The van der Waals surface area contributed by atoms with E-state index in [4.69, 9.17) is 10.5 Å². The predicted molar refractivity (Wildman–Crippen MR) is 120 cm³/mol. The molecule has 2 aromatic carbocycles. The van der Waals surface area contributed by atoms with Crippen LogP contribution in [0.2, 0.25) is 0 Å². The van der Waals surface area contributed by atoms with Crippen LogP contribution in [0, 0.1) is 6.92 Å². The number of para-hydroxylation sites is 1.